The quantitative estimate of drug-likeness (QED) is 0.627. The summed E-state index contributed by atoms with van der Waals surface area (Å²) in [5.74, 6) is -1.35. The molecular weight excluding hydrogens is 426 g/mol. The molecule has 10 heteroatoms. The van der Waals surface area contributed by atoms with Crippen molar-refractivity contribution in [3.63, 3.8) is 0 Å². The van der Waals surface area contributed by atoms with Crippen molar-refractivity contribution >= 4 is 23.5 Å². The molecule has 2 aliphatic carbocycles. The van der Waals surface area contributed by atoms with Gasteiger partial charge in [-0.15, -0.1) is 0 Å². The number of nitrogens with two attached hydrogens (primary N) is 1. The number of nitrogens with zero attached hydrogens (tertiary/aromatic N) is 4. The van der Waals surface area contributed by atoms with E-state index in [0.29, 0.717) is 36.6 Å². The second-order valence-corrected chi connectivity index (χ2v) is 10.2. The summed E-state index contributed by atoms with van der Waals surface area (Å²) in [7, 11) is 0. The molecule has 0 radical (unpaired) electrons. The summed E-state index contributed by atoms with van der Waals surface area (Å²) in [6, 6.07) is 0.106. The summed E-state index contributed by atoms with van der Waals surface area (Å²) in [4.78, 5) is 39.9. The molecule has 4 fully saturated rings. The molecule has 2 saturated carbocycles. The number of ether oxygens (including phenoxy) is 1. The van der Waals surface area contributed by atoms with Gasteiger partial charge in [-0.1, -0.05) is 6.92 Å². The fourth-order valence-corrected chi connectivity index (χ4v) is 5.13. The Kier molecular flexibility index (Phi) is 4.30. The molecule has 6 rings (SSSR count). The van der Waals surface area contributed by atoms with Gasteiger partial charge < -0.3 is 20.5 Å². The number of aromatic hydroxyl groups is 1. The van der Waals surface area contributed by atoms with Gasteiger partial charge in [0.2, 0.25) is 11.8 Å². The van der Waals surface area contributed by atoms with Gasteiger partial charge in [0.1, 0.15) is 5.65 Å². The number of primary amides is 1. The van der Waals surface area contributed by atoms with Gasteiger partial charge in [0, 0.05) is 30.6 Å². The SMILES string of the molecule is CC1(Cn2c(O)c(C(N)=O)c(=O)n3nc(C4CC4)c(/C=C/C(=O)N4C[C@H]5C[C@@H]4CO5)c23)CC1. The maximum atomic E-state index is 13.1. The molecule has 10 nitrogen and oxygen atoms in total. The van der Waals surface area contributed by atoms with E-state index in [1.807, 2.05) is 4.90 Å². The van der Waals surface area contributed by atoms with Crippen molar-refractivity contribution in [2.45, 2.75) is 63.6 Å². The van der Waals surface area contributed by atoms with Crippen molar-refractivity contribution < 1.29 is 19.4 Å². The van der Waals surface area contributed by atoms with Crippen LogP contribution in [0.2, 0.25) is 0 Å². The van der Waals surface area contributed by atoms with Gasteiger partial charge in [-0.05, 0) is 43.6 Å². The van der Waals surface area contributed by atoms with E-state index >= 15 is 0 Å². The fourth-order valence-electron chi connectivity index (χ4n) is 5.13. The summed E-state index contributed by atoms with van der Waals surface area (Å²) in [6.07, 6.45) is 8.04. The Morgan fingerprint density at radius 3 is 2.67 bits per heavy atom. The highest BCUT2D eigenvalue weighted by Crippen LogP contribution is 2.48. The van der Waals surface area contributed by atoms with E-state index in [2.05, 4.69) is 12.0 Å². The van der Waals surface area contributed by atoms with Gasteiger partial charge in [0.05, 0.1) is 24.4 Å². The number of amides is 2. The first-order chi connectivity index (χ1) is 15.8. The molecule has 2 saturated heterocycles. The van der Waals surface area contributed by atoms with E-state index in [4.69, 9.17) is 10.5 Å². The van der Waals surface area contributed by atoms with E-state index in [1.165, 1.54) is 10.6 Å². The molecule has 174 valence electrons. The number of carbonyl (C=O) groups is 2. The van der Waals surface area contributed by atoms with E-state index in [0.717, 1.165) is 32.1 Å². The largest absolute Gasteiger partial charge is 0.494 e. The average Bonchev–Trinajstić information content (AvgIpc) is 3.61. The normalized spacial score (nSPS) is 25.4. The highest BCUT2D eigenvalue weighted by Gasteiger charge is 2.42. The van der Waals surface area contributed by atoms with Gasteiger partial charge >= 0.3 is 0 Å². The number of carbonyl (C=O) groups excluding carboxylic acids is 2. The monoisotopic (exact) mass is 453 g/mol. The number of hydrogen-bond donors (Lipinski definition) is 2. The zero-order chi connectivity index (χ0) is 23.1. The second kappa shape index (κ2) is 6.93. The number of likely N-dealkylation sites (tertiary alicyclic amines) is 1. The Balaban J connectivity index is 1.50. The van der Waals surface area contributed by atoms with Crippen LogP contribution in [0.5, 0.6) is 5.88 Å². The number of morpholine rings is 1. The van der Waals surface area contributed by atoms with E-state index in [9.17, 15) is 19.5 Å². The Labute approximate surface area is 189 Å². The van der Waals surface area contributed by atoms with Crippen LogP contribution in [0.3, 0.4) is 0 Å². The maximum absolute atomic E-state index is 13.1. The first kappa shape index (κ1) is 20.5. The van der Waals surface area contributed by atoms with Crippen molar-refractivity contribution in [1.29, 1.82) is 0 Å². The molecule has 2 amide bonds. The minimum Gasteiger partial charge on any atom is -0.494 e. The van der Waals surface area contributed by atoms with E-state index < -0.39 is 22.9 Å². The third kappa shape index (κ3) is 3.26. The molecule has 2 aromatic rings. The predicted octanol–water partition coefficient (Wildman–Crippen LogP) is 0.991. The molecule has 0 spiro atoms. The van der Waals surface area contributed by atoms with Crippen LogP contribution in [0, 0.1) is 5.41 Å². The van der Waals surface area contributed by atoms with Gasteiger partial charge in [-0.2, -0.15) is 9.61 Å². The average molecular weight is 453 g/mol. The third-order valence-electron chi connectivity index (χ3n) is 7.50. The lowest BCUT2D eigenvalue weighted by Gasteiger charge is -2.25. The molecular formula is C23H27N5O5. The summed E-state index contributed by atoms with van der Waals surface area (Å²) in [5, 5.41) is 15.5. The zero-order valence-electron chi connectivity index (χ0n) is 18.5. The van der Waals surface area contributed by atoms with Gasteiger partial charge in [-0.25, -0.2) is 0 Å². The zero-order valence-corrected chi connectivity index (χ0v) is 18.5. The molecule has 0 aromatic carbocycles. The highest BCUT2D eigenvalue weighted by molar-refractivity contribution is 5.96. The first-order valence-corrected chi connectivity index (χ1v) is 11.5. The van der Waals surface area contributed by atoms with Crippen LogP contribution in [0.15, 0.2) is 10.9 Å². The Morgan fingerprint density at radius 1 is 1.33 bits per heavy atom. The molecule has 4 aliphatic rings. The maximum Gasteiger partial charge on any atom is 0.291 e. The van der Waals surface area contributed by atoms with Crippen molar-refractivity contribution in [1.82, 2.24) is 19.1 Å². The Morgan fingerprint density at radius 2 is 2.09 bits per heavy atom. The minimum absolute atomic E-state index is 0.0441. The molecule has 3 N–H and O–H groups in total. The van der Waals surface area contributed by atoms with Crippen LogP contribution < -0.4 is 11.3 Å². The summed E-state index contributed by atoms with van der Waals surface area (Å²) in [5.41, 5.74) is 5.94. The van der Waals surface area contributed by atoms with Crippen LogP contribution in [0.25, 0.3) is 11.7 Å². The van der Waals surface area contributed by atoms with Crippen LogP contribution in [-0.4, -0.2) is 61.3 Å². The topological polar surface area (TPSA) is 132 Å². The lowest BCUT2D eigenvalue weighted by atomic mass is 10.1. The van der Waals surface area contributed by atoms with Crippen LogP contribution >= 0.6 is 0 Å². The molecule has 2 aliphatic heterocycles. The smallest absolute Gasteiger partial charge is 0.291 e. The molecule has 2 atom stereocenters. The Hall–Kier alpha value is -3.14. The fraction of sp³-hybridized carbons (Fsp3) is 0.565. The van der Waals surface area contributed by atoms with Crippen molar-refractivity contribution in [2.24, 2.45) is 11.1 Å². The highest BCUT2D eigenvalue weighted by atomic mass is 16.5. The van der Waals surface area contributed by atoms with Crippen LogP contribution in [-0.2, 0) is 16.1 Å². The lowest BCUT2D eigenvalue weighted by Crippen LogP contribution is -2.40. The van der Waals surface area contributed by atoms with E-state index in [1.54, 1.807) is 10.6 Å². The Bertz CT molecular complexity index is 1280. The molecule has 2 bridgehead atoms. The molecule has 4 heterocycles. The van der Waals surface area contributed by atoms with Gasteiger partial charge in [0.15, 0.2) is 5.56 Å². The summed E-state index contributed by atoms with van der Waals surface area (Å²) >= 11 is 0. The number of fused-ring (bicyclic) bond motifs is 3. The third-order valence-corrected chi connectivity index (χ3v) is 7.50. The minimum atomic E-state index is -0.990. The van der Waals surface area contributed by atoms with Crippen LogP contribution in [0.4, 0.5) is 0 Å². The summed E-state index contributed by atoms with van der Waals surface area (Å²) < 4.78 is 8.34. The number of rotatable bonds is 6. The van der Waals surface area contributed by atoms with Gasteiger partial charge in [0.25, 0.3) is 11.5 Å². The molecule has 0 unspecified atom stereocenters. The summed E-state index contributed by atoms with van der Waals surface area (Å²) in [6.45, 7) is 3.66. The van der Waals surface area contributed by atoms with Gasteiger partial charge in [-0.3, -0.25) is 19.0 Å². The van der Waals surface area contributed by atoms with Crippen LogP contribution in [0.1, 0.15) is 66.6 Å². The predicted molar refractivity (Wildman–Crippen MR) is 118 cm³/mol. The second-order valence-electron chi connectivity index (χ2n) is 10.2. The standard InChI is InChI=1S/C23H27N5O5/c1-23(6-7-23)11-27-20-15(4-5-16(29)26-9-14-8-13(26)10-33-14)18(12-2-3-12)25-28(20)22(32)17(19(24)30)21(27)31/h4-5,12-14,31H,2-3,6-11H2,1H3,(H2,24,30)/b5-4+/t13-,14-/m1/s1. The first-order valence-electron chi connectivity index (χ1n) is 11.5. The molecule has 33 heavy (non-hydrogen) atoms. The molecule has 2 aromatic heterocycles. The van der Waals surface area contributed by atoms with Crippen molar-refractivity contribution in [2.75, 3.05) is 13.2 Å². The lowest BCUT2D eigenvalue weighted by molar-refractivity contribution is -0.130. The number of hydrogen-bond acceptors (Lipinski definition) is 6. The van der Waals surface area contributed by atoms with Crippen molar-refractivity contribution in [3.05, 3.63) is 33.3 Å². The van der Waals surface area contributed by atoms with Crippen molar-refractivity contribution in [3.8, 4) is 5.88 Å². The van der Waals surface area contributed by atoms with E-state index in [-0.39, 0.29) is 29.4 Å². The number of aromatic nitrogens is 3.